The highest BCUT2D eigenvalue weighted by Gasteiger charge is 2.23. The molecule has 0 aliphatic carbocycles. The van der Waals surface area contributed by atoms with E-state index in [1.54, 1.807) is 0 Å². The average Bonchev–Trinajstić information content (AvgIpc) is 2.78. The molecule has 1 fully saturated rings. The molecule has 0 aromatic heterocycles. The number of aryl methyl sites for hydroxylation is 3. The van der Waals surface area contributed by atoms with Crippen molar-refractivity contribution < 1.29 is 4.79 Å². The Labute approximate surface area is 173 Å². The minimum atomic E-state index is 0.164. The van der Waals surface area contributed by atoms with Gasteiger partial charge in [-0.1, -0.05) is 60.7 Å². The summed E-state index contributed by atoms with van der Waals surface area (Å²) in [5.74, 6) is 0.164. The molecule has 0 saturated carbocycles. The lowest BCUT2D eigenvalue weighted by Crippen LogP contribution is -2.49. The third-order valence-corrected chi connectivity index (χ3v) is 5.71. The van der Waals surface area contributed by atoms with Crippen molar-refractivity contribution in [1.29, 1.82) is 0 Å². The summed E-state index contributed by atoms with van der Waals surface area (Å²) in [6.45, 7) is 5.40. The molecule has 0 bridgehead atoms. The lowest BCUT2D eigenvalue weighted by Gasteiger charge is -2.36. The zero-order valence-electron chi connectivity index (χ0n) is 17.1. The minimum Gasteiger partial charge on any atom is -0.368 e. The fourth-order valence-electron chi connectivity index (χ4n) is 4.03. The average molecular weight is 385 g/mol. The maximum atomic E-state index is 13.2. The van der Waals surface area contributed by atoms with E-state index in [0.29, 0.717) is 0 Å². The highest BCUT2D eigenvalue weighted by atomic mass is 16.2. The topological polar surface area (TPSA) is 23.6 Å². The second-order valence-corrected chi connectivity index (χ2v) is 7.76. The summed E-state index contributed by atoms with van der Waals surface area (Å²) in [7, 11) is 0. The van der Waals surface area contributed by atoms with Gasteiger partial charge >= 0.3 is 0 Å². The summed E-state index contributed by atoms with van der Waals surface area (Å²) in [5, 5.41) is 0. The van der Waals surface area contributed by atoms with Crippen molar-refractivity contribution in [2.24, 2.45) is 0 Å². The van der Waals surface area contributed by atoms with Gasteiger partial charge in [-0.15, -0.1) is 0 Å². The Bertz CT molecular complexity index is 959. The third kappa shape index (κ3) is 4.68. The molecule has 1 aliphatic rings. The van der Waals surface area contributed by atoms with Crippen LogP contribution < -0.4 is 4.90 Å². The molecular formula is C26H28N2O. The molecule has 3 heteroatoms. The van der Waals surface area contributed by atoms with Gasteiger partial charge in [-0.05, 0) is 54.7 Å². The number of rotatable bonds is 5. The number of benzene rings is 3. The normalized spacial score (nSPS) is 14.1. The highest BCUT2D eigenvalue weighted by Crippen LogP contribution is 2.20. The van der Waals surface area contributed by atoms with Crippen molar-refractivity contribution in [2.45, 2.75) is 19.8 Å². The fraction of sp³-hybridized carbons (Fsp3) is 0.269. The Morgan fingerprint density at radius 1 is 0.793 bits per heavy atom. The van der Waals surface area contributed by atoms with Gasteiger partial charge in [0, 0.05) is 37.4 Å². The number of hydrogen-bond donors (Lipinski definition) is 0. The van der Waals surface area contributed by atoms with Gasteiger partial charge < -0.3 is 9.80 Å². The molecular weight excluding hydrogens is 356 g/mol. The van der Waals surface area contributed by atoms with Gasteiger partial charge in [-0.3, -0.25) is 4.79 Å². The van der Waals surface area contributed by atoms with Crippen LogP contribution in [0.15, 0.2) is 78.9 Å². The SMILES string of the molecule is Cc1cccc(N2CCN(C(=O)c3ccccc3CCc3ccccc3)CC2)c1. The van der Waals surface area contributed by atoms with E-state index in [1.165, 1.54) is 16.8 Å². The fourth-order valence-corrected chi connectivity index (χ4v) is 4.03. The molecule has 3 nitrogen and oxygen atoms in total. The Morgan fingerprint density at radius 2 is 1.52 bits per heavy atom. The van der Waals surface area contributed by atoms with Crippen molar-refractivity contribution in [3.05, 3.63) is 101 Å². The van der Waals surface area contributed by atoms with E-state index in [9.17, 15) is 4.79 Å². The molecule has 0 unspecified atom stereocenters. The molecule has 29 heavy (non-hydrogen) atoms. The van der Waals surface area contributed by atoms with Gasteiger partial charge in [0.25, 0.3) is 5.91 Å². The van der Waals surface area contributed by atoms with E-state index in [2.05, 4.69) is 66.4 Å². The van der Waals surface area contributed by atoms with Crippen LogP contribution in [-0.2, 0) is 12.8 Å². The van der Waals surface area contributed by atoms with Gasteiger partial charge in [0.1, 0.15) is 0 Å². The lowest BCUT2D eigenvalue weighted by molar-refractivity contribution is 0.0745. The Balaban J connectivity index is 1.41. The number of nitrogens with zero attached hydrogens (tertiary/aromatic N) is 2. The van der Waals surface area contributed by atoms with Crippen molar-refractivity contribution in [2.75, 3.05) is 31.1 Å². The van der Waals surface area contributed by atoms with Crippen LogP contribution in [0.5, 0.6) is 0 Å². The first-order valence-corrected chi connectivity index (χ1v) is 10.4. The number of hydrogen-bond acceptors (Lipinski definition) is 2. The molecule has 3 aromatic rings. The van der Waals surface area contributed by atoms with Crippen LogP contribution in [0, 0.1) is 6.92 Å². The molecule has 1 aliphatic heterocycles. The van der Waals surface area contributed by atoms with Gasteiger partial charge in [0.2, 0.25) is 0 Å². The first kappa shape index (κ1) is 19.3. The summed E-state index contributed by atoms with van der Waals surface area (Å²) in [6.07, 6.45) is 1.83. The molecule has 0 N–H and O–H groups in total. The number of anilines is 1. The Hall–Kier alpha value is -3.07. The van der Waals surface area contributed by atoms with E-state index < -0.39 is 0 Å². The van der Waals surface area contributed by atoms with Crippen LogP contribution >= 0.6 is 0 Å². The monoisotopic (exact) mass is 384 g/mol. The molecule has 4 rings (SSSR count). The van der Waals surface area contributed by atoms with E-state index in [4.69, 9.17) is 0 Å². The minimum absolute atomic E-state index is 0.164. The van der Waals surface area contributed by atoms with Crippen LogP contribution in [0.2, 0.25) is 0 Å². The second kappa shape index (κ2) is 8.95. The number of carbonyl (C=O) groups excluding carboxylic acids is 1. The van der Waals surface area contributed by atoms with E-state index in [0.717, 1.165) is 50.1 Å². The molecule has 0 radical (unpaired) electrons. The van der Waals surface area contributed by atoms with E-state index in [-0.39, 0.29) is 5.91 Å². The summed E-state index contributed by atoms with van der Waals surface area (Å²) < 4.78 is 0. The van der Waals surface area contributed by atoms with E-state index in [1.807, 2.05) is 29.2 Å². The zero-order valence-corrected chi connectivity index (χ0v) is 17.1. The molecule has 1 saturated heterocycles. The molecule has 148 valence electrons. The van der Waals surface area contributed by atoms with Crippen LogP contribution in [0.4, 0.5) is 5.69 Å². The number of amides is 1. The molecule has 0 atom stereocenters. The zero-order chi connectivity index (χ0) is 20.1. The largest absolute Gasteiger partial charge is 0.368 e. The van der Waals surface area contributed by atoms with Crippen molar-refractivity contribution in [3.63, 3.8) is 0 Å². The number of carbonyl (C=O) groups is 1. The molecule has 1 heterocycles. The molecule has 0 spiro atoms. The predicted molar refractivity (Wildman–Crippen MR) is 120 cm³/mol. The standard InChI is InChI=1S/C26H28N2O/c1-21-8-7-12-24(20-21)27-16-18-28(19-17-27)26(29)25-13-6-5-11-23(25)15-14-22-9-3-2-4-10-22/h2-13,20H,14-19H2,1H3. The van der Waals surface area contributed by atoms with Crippen molar-refractivity contribution >= 4 is 11.6 Å². The summed E-state index contributed by atoms with van der Waals surface area (Å²) in [4.78, 5) is 17.6. The quantitative estimate of drug-likeness (QED) is 0.634. The van der Waals surface area contributed by atoms with Gasteiger partial charge in [-0.2, -0.15) is 0 Å². The number of piperazine rings is 1. The third-order valence-electron chi connectivity index (χ3n) is 5.71. The Morgan fingerprint density at radius 3 is 2.28 bits per heavy atom. The summed E-state index contributed by atoms with van der Waals surface area (Å²) >= 11 is 0. The summed E-state index contributed by atoms with van der Waals surface area (Å²) in [5.41, 5.74) is 5.82. The van der Waals surface area contributed by atoms with Gasteiger partial charge in [0.05, 0.1) is 0 Å². The van der Waals surface area contributed by atoms with Crippen LogP contribution in [-0.4, -0.2) is 37.0 Å². The van der Waals surface area contributed by atoms with Gasteiger partial charge in [-0.25, -0.2) is 0 Å². The van der Waals surface area contributed by atoms with Crippen LogP contribution in [0.1, 0.15) is 27.0 Å². The Kier molecular flexibility index (Phi) is 5.95. The highest BCUT2D eigenvalue weighted by molar-refractivity contribution is 5.95. The predicted octanol–water partition coefficient (Wildman–Crippen LogP) is 4.74. The molecule has 3 aromatic carbocycles. The first-order valence-electron chi connectivity index (χ1n) is 10.4. The lowest BCUT2D eigenvalue weighted by atomic mass is 9.99. The maximum absolute atomic E-state index is 13.2. The maximum Gasteiger partial charge on any atom is 0.254 e. The van der Waals surface area contributed by atoms with Crippen molar-refractivity contribution in [3.8, 4) is 0 Å². The first-order chi connectivity index (χ1) is 14.2. The molecule has 1 amide bonds. The second-order valence-electron chi connectivity index (χ2n) is 7.76. The van der Waals surface area contributed by atoms with E-state index >= 15 is 0 Å². The van der Waals surface area contributed by atoms with Crippen molar-refractivity contribution in [1.82, 2.24) is 4.90 Å². The van der Waals surface area contributed by atoms with Crippen LogP contribution in [0.3, 0.4) is 0 Å². The summed E-state index contributed by atoms with van der Waals surface area (Å²) in [6, 6.07) is 27.2. The van der Waals surface area contributed by atoms with Gasteiger partial charge in [0.15, 0.2) is 0 Å². The van der Waals surface area contributed by atoms with Crippen LogP contribution in [0.25, 0.3) is 0 Å². The smallest absolute Gasteiger partial charge is 0.254 e.